The van der Waals surface area contributed by atoms with Crippen LogP contribution in [0, 0.1) is 0 Å². The molecule has 0 bridgehead atoms. The second kappa shape index (κ2) is 12.6. The zero-order valence-electron chi connectivity index (χ0n) is 21.2. The fourth-order valence-corrected chi connectivity index (χ4v) is 4.68. The van der Waals surface area contributed by atoms with Gasteiger partial charge < -0.3 is 24.2 Å². The van der Waals surface area contributed by atoms with Crippen molar-refractivity contribution in [2.75, 3.05) is 52.6 Å². The smallest absolute Gasteiger partial charge is 0.295 e. The predicted molar refractivity (Wildman–Crippen MR) is 141 cm³/mol. The third kappa shape index (κ3) is 6.21. The SMILES string of the molecule is C=CCOc1ccc([C@H]2C(=C(O)c3ccc(OCC)cc3)C(=O)C(=O)N2CCCN2CCOCC2)cc1. The maximum atomic E-state index is 13.3. The molecule has 0 aromatic heterocycles. The molecule has 0 aliphatic carbocycles. The fraction of sp³-hybridized carbons (Fsp3) is 0.379. The van der Waals surface area contributed by atoms with Crippen molar-refractivity contribution in [2.45, 2.75) is 19.4 Å². The van der Waals surface area contributed by atoms with Crippen LogP contribution >= 0.6 is 0 Å². The number of morpholine rings is 1. The van der Waals surface area contributed by atoms with Gasteiger partial charge in [-0.3, -0.25) is 14.5 Å². The third-order valence-electron chi connectivity index (χ3n) is 6.52. The van der Waals surface area contributed by atoms with Crippen LogP contribution in [0.5, 0.6) is 11.5 Å². The molecule has 8 nitrogen and oxygen atoms in total. The fourth-order valence-electron chi connectivity index (χ4n) is 4.68. The minimum Gasteiger partial charge on any atom is -0.507 e. The van der Waals surface area contributed by atoms with E-state index in [0.717, 1.165) is 25.2 Å². The average molecular weight is 507 g/mol. The molecule has 2 fully saturated rings. The molecule has 0 unspecified atom stereocenters. The molecule has 0 spiro atoms. The van der Waals surface area contributed by atoms with Crippen LogP contribution in [-0.2, 0) is 14.3 Å². The lowest BCUT2D eigenvalue weighted by atomic mass is 9.95. The Morgan fingerprint density at radius 2 is 1.68 bits per heavy atom. The number of hydrogen-bond acceptors (Lipinski definition) is 7. The number of benzene rings is 2. The molecule has 1 amide bonds. The van der Waals surface area contributed by atoms with Gasteiger partial charge in [-0.1, -0.05) is 24.8 Å². The monoisotopic (exact) mass is 506 g/mol. The Morgan fingerprint density at radius 3 is 2.32 bits per heavy atom. The van der Waals surface area contributed by atoms with E-state index in [4.69, 9.17) is 14.2 Å². The number of amides is 1. The van der Waals surface area contributed by atoms with Crippen LogP contribution in [-0.4, -0.2) is 79.2 Å². The Bertz CT molecular complexity index is 1120. The lowest BCUT2D eigenvalue weighted by Gasteiger charge is -2.29. The van der Waals surface area contributed by atoms with E-state index in [1.54, 1.807) is 47.4 Å². The molecule has 196 valence electrons. The van der Waals surface area contributed by atoms with Crippen LogP contribution in [0.4, 0.5) is 0 Å². The number of aliphatic hydroxyl groups excluding tert-OH is 1. The van der Waals surface area contributed by atoms with Gasteiger partial charge in [-0.05, 0) is 55.3 Å². The molecule has 2 saturated heterocycles. The molecule has 2 aliphatic rings. The summed E-state index contributed by atoms with van der Waals surface area (Å²) in [5.74, 6) is -0.177. The average Bonchev–Trinajstić information content (AvgIpc) is 3.18. The third-order valence-corrected chi connectivity index (χ3v) is 6.52. The van der Waals surface area contributed by atoms with E-state index < -0.39 is 17.7 Å². The number of carbonyl (C=O) groups excluding carboxylic acids is 2. The number of rotatable bonds is 11. The Hall–Kier alpha value is -3.62. The first-order valence-corrected chi connectivity index (χ1v) is 12.7. The highest BCUT2D eigenvalue weighted by molar-refractivity contribution is 6.46. The molecule has 2 aromatic carbocycles. The lowest BCUT2D eigenvalue weighted by molar-refractivity contribution is -0.140. The second-order valence-electron chi connectivity index (χ2n) is 8.93. The van der Waals surface area contributed by atoms with Gasteiger partial charge in [-0.15, -0.1) is 0 Å². The van der Waals surface area contributed by atoms with E-state index in [-0.39, 0.29) is 11.3 Å². The Kier molecular flexibility index (Phi) is 8.98. The van der Waals surface area contributed by atoms with Crippen molar-refractivity contribution < 1.29 is 28.9 Å². The zero-order chi connectivity index (χ0) is 26.2. The van der Waals surface area contributed by atoms with Crippen LogP contribution in [0.25, 0.3) is 5.76 Å². The molecule has 0 radical (unpaired) electrons. The van der Waals surface area contributed by atoms with Gasteiger partial charge in [0, 0.05) is 31.7 Å². The first-order chi connectivity index (χ1) is 18.0. The minimum absolute atomic E-state index is 0.0836. The number of likely N-dealkylation sites (tertiary alicyclic amines) is 1. The highest BCUT2D eigenvalue weighted by atomic mass is 16.5. The summed E-state index contributed by atoms with van der Waals surface area (Å²) in [6, 6.07) is 13.4. The molecule has 2 heterocycles. The second-order valence-corrected chi connectivity index (χ2v) is 8.93. The summed E-state index contributed by atoms with van der Waals surface area (Å²) in [6.45, 7) is 10.7. The number of Topliss-reactive ketones (excluding diaryl/α,β-unsaturated/α-hetero) is 1. The Labute approximate surface area is 217 Å². The van der Waals surface area contributed by atoms with Gasteiger partial charge in [0.1, 0.15) is 23.9 Å². The topological polar surface area (TPSA) is 88.5 Å². The van der Waals surface area contributed by atoms with Gasteiger partial charge >= 0.3 is 0 Å². The molecular weight excluding hydrogens is 472 g/mol. The van der Waals surface area contributed by atoms with E-state index in [1.807, 2.05) is 19.1 Å². The molecule has 4 rings (SSSR count). The summed E-state index contributed by atoms with van der Waals surface area (Å²) in [5.41, 5.74) is 1.26. The van der Waals surface area contributed by atoms with Crippen molar-refractivity contribution >= 4 is 17.4 Å². The van der Waals surface area contributed by atoms with E-state index in [2.05, 4.69) is 11.5 Å². The van der Waals surface area contributed by atoms with Gasteiger partial charge in [0.25, 0.3) is 11.7 Å². The lowest BCUT2D eigenvalue weighted by Crippen LogP contribution is -2.38. The number of hydrogen-bond donors (Lipinski definition) is 1. The number of ether oxygens (including phenoxy) is 3. The van der Waals surface area contributed by atoms with Crippen molar-refractivity contribution in [3.8, 4) is 11.5 Å². The van der Waals surface area contributed by atoms with Crippen LogP contribution in [0.2, 0.25) is 0 Å². The molecule has 2 aromatic rings. The van der Waals surface area contributed by atoms with Gasteiger partial charge in [0.05, 0.1) is 31.4 Å². The highest BCUT2D eigenvalue weighted by Gasteiger charge is 2.45. The Balaban J connectivity index is 1.64. The maximum absolute atomic E-state index is 13.3. The molecule has 8 heteroatoms. The first-order valence-electron chi connectivity index (χ1n) is 12.7. The molecular formula is C29H34N2O6. The summed E-state index contributed by atoms with van der Waals surface area (Å²) in [7, 11) is 0. The highest BCUT2D eigenvalue weighted by Crippen LogP contribution is 2.40. The van der Waals surface area contributed by atoms with E-state index in [0.29, 0.717) is 56.5 Å². The van der Waals surface area contributed by atoms with Gasteiger partial charge in [-0.25, -0.2) is 0 Å². The van der Waals surface area contributed by atoms with Crippen molar-refractivity contribution in [2.24, 2.45) is 0 Å². The maximum Gasteiger partial charge on any atom is 0.295 e. The van der Waals surface area contributed by atoms with Gasteiger partial charge in [-0.2, -0.15) is 0 Å². The van der Waals surface area contributed by atoms with Crippen LogP contribution < -0.4 is 9.47 Å². The van der Waals surface area contributed by atoms with E-state index in [9.17, 15) is 14.7 Å². The number of carbonyl (C=O) groups is 2. The number of nitrogens with zero attached hydrogens (tertiary/aromatic N) is 2. The van der Waals surface area contributed by atoms with Crippen LogP contribution in [0.3, 0.4) is 0 Å². The van der Waals surface area contributed by atoms with Crippen molar-refractivity contribution in [3.05, 3.63) is 77.9 Å². The summed E-state index contributed by atoms with van der Waals surface area (Å²) in [6.07, 6.45) is 2.36. The summed E-state index contributed by atoms with van der Waals surface area (Å²) >= 11 is 0. The van der Waals surface area contributed by atoms with Crippen molar-refractivity contribution in [1.29, 1.82) is 0 Å². The summed E-state index contributed by atoms with van der Waals surface area (Å²) in [4.78, 5) is 30.3. The van der Waals surface area contributed by atoms with Crippen molar-refractivity contribution in [3.63, 3.8) is 0 Å². The van der Waals surface area contributed by atoms with E-state index in [1.165, 1.54) is 0 Å². The van der Waals surface area contributed by atoms with E-state index >= 15 is 0 Å². The summed E-state index contributed by atoms with van der Waals surface area (Å²) < 4.78 is 16.5. The van der Waals surface area contributed by atoms with Crippen molar-refractivity contribution in [1.82, 2.24) is 9.80 Å². The largest absolute Gasteiger partial charge is 0.507 e. The quantitative estimate of drug-likeness (QED) is 0.215. The van der Waals surface area contributed by atoms with Gasteiger partial charge in [0.2, 0.25) is 0 Å². The summed E-state index contributed by atoms with van der Waals surface area (Å²) in [5, 5.41) is 11.3. The molecule has 0 saturated carbocycles. The molecule has 37 heavy (non-hydrogen) atoms. The predicted octanol–water partition coefficient (Wildman–Crippen LogP) is 3.79. The normalized spacial score (nSPS) is 19.7. The van der Waals surface area contributed by atoms with Crippen LogP contribution in [0.15, 0.2) is 66.8 Å². The molecule has 1 atom stereocenters. The zero-order valence-corrected chi connectivity index (χ0v) is 21.2. The molecule has 2 aliphatic heterocycles. The van der Waals surface area contributed by atoms with Gasteiger partial charge in [0.15, 0.2) is 0 Å². The number of aliphatic hydroxyl groups is 1. The minimum atomic E-state index is -0.704. The first kappa shape index (κ1) is 26.4. The standard InChI is InChI=1S/C29H34N2O6/c1-3-18-37-24-10-6-21(7-11-24)26-25(27(32)22-8-12-23(13-9-22)36-4-2)28(33)29(34)31(26)15-5-14-30-16-19-35-20-17-30/h3,6-13,26,32H,1,4-5,14-20H2,2H3/t26-/m0/s1. The Morgan fingerprint density at radius 1 is 1.03 bits per heavy atom. The van der Waals surface area contributed by atoms with Crippen LogP contribution in [0.1, 0.15) is 30.5 Å². The molecule has 1 N–H and O–H groups in total. The number of ketones is 1.